The third kappa shape index (κ3) is 4.09. The minimum atomic E-state index is 0.380. The molecule has 2 aromatic heterocycles. The maximum atomic E-state index is 5.42. The van der Waals surface area contributed by atoms with Gasteiger partial charge in [-0.3, -0.25) is 14.6 Å². The van der Waals surface area contributed by atoms with E-state index in [1.165, 1.54) is 60.2 Å². The number of ether oxygens (including phenoxy) is 1. The maximum Gasteiger partial charge on any atom is 0.0756 e. The van der Waals surface area contributed by atoms with E-state index in [-0.39, 0.29) is 0 Å². The minimum absolute atomic E-state index is 0.380. The standard InChI is InChI=1S/C22H30N4OS/c1-2-4-20-17(3-1)5-6-21(24-20)18-13-22(28-16-18)19-14-23-26(15-19)8-7-25-9-11-27-12-10-25/h13-17,21H,1-12H2. The lowest BCUT2D eigenvalue weighted by molar-refractivity contribution is 0.0360. The lowest BCUT2D eigenvalue weighted by atomic mass is 9.80. The van der Waals surface area contributed by atoms with Gasteiger partial charge < -0.3 is 4.74 Å². The molecule has 3 aliphatic rings. The van der Waals surface area contributed by atoms with Crippen LogP contribution >= 0.6 is 11.3 Å². The SMILES string of the molecule is c1nn(CCN2CCOCC2)cc1-c1cc(C2CCC3CCCCC3=N2)cs1. The van der Waals surface area contributed by atoms with Crippen LogP contribution in [0.1, 0.15) is 50.1 Å². The Morgan fingerprint density at radius 2 is 2.04 bits per heavy atom. The van der Waals surface area contributed by atoms with Crippen molar-refractivity contribution in [3.05, 3.63) is 29.4 Å². The number of rotatable bonds is 5. The van der Waals surface area contributed by atoms with Crippen molar-refractivity contribution in [2.75, 3.05) is 32.8 Å². The summed E-state index contributed by atoms with van der Waals surface area (Å²) in [6.07, 6.45) is 12.1. The monoisotopic (exact) mass is 398 g/mol. The molecule has 5 rings (SSSR count). The summed E-state index contributed by atoms with van der Waals surface area (Å²) in [5.74, 6) is 0.785. The molecule has 2 unspecified atom stereocenters. The van der Waals surface area contributed by atoms with Crippen molar-refractivity contribution in [3.63, 3.8) is 0 Å². The summed E-state index contributed by atoms with van der Waals surface area (Å²) in [6.45, 7) is 5.76. The van der Waals surface area contributed by atoms with E-state index < -0.39 is 0 Å². The average molecular weight is 399 g/mol. The van der Waals surface area contributed by atoms with Gasteiger partial charge >= 0.3 is 0 Å². The summed E-state index contributed by atoms with van der Waals surface area (Å²) in [5.41, 5.74) is 4.14. The summed E-state index contributed by atoms with van der Waals surface area (Å²) in [5, 5.41) is 6.91. The van der Waals surface area contributed by atoms with Gasteiger partial charge in [0.25, 0.3) is 0 Å². The maximum absolute atomic E-state index is 5.42. The van der Waals surface area contributed by atoms with E-state index in [0.29, 0.717) is 6.04 Å². The number of aliphatic imine (C=N–C) groups is 1. The largest absolute Gasteiger partial charge is 0.379 e. The molecule has 0 bridgehead atoms. The zero-order valence-corrected chi connectivity index (χ0v) is 17.4. The molecule has 0 amide bonds. The number of morpholine rings is 1. The van der Waals surface area contributed by atoms with Gasteiger partial charge in [0.15, 0.2) is 0 Å². The van der Waals surface area contributed by atoms with Crippen molar-refractivity contribution in [1.82, 2.24) is 14.7 Å². The molecule has 6 heteroatoms. The van der Waals surface area contributed by atoms with Gasteiger partial charge in [0.2, 0.25) is 0 Å². The highest BCUT2D eigenvalue weighted by molar-refractivity contribution is 7.13. The van der Waals surface area contributed by atoms with Crippen LogP contribution in [0.3, 0.4) is 0 Å². The van der Waals surface area contributed by atoms with E-state index in [9.17, 15) is 0 Å². The van der Waals surface area contributed by atoms with Gasteiger partial charge in [0, 0.05) is 42.0 Å². The van der Waals surface area contributed by atoms with E-state index in [1.807, 2.05) is 17.5 Å². The lowest BCUT2D eigenvalue weighted by Gasteiger charge is -2.31. The zero-order chi connectivity index (χ0) is 18.8. The molecule has 1 saturated heterocycles. The number of thiophene rings is 1. The van der Waals surface area contributed by atoms with Gasteiger partial charge in [-0.15, -0.1) is 11.3 Å². The second kappa shape index (κ2) is 8.47. The summed E-state index contributed by atoms with van der Waals surface area (Å²) < 4.78 is 7.50. The Morgan fingerprint density at radius 3 is 2.96 bits per heavy atom. The molecule has 4 heterocycles. The average Bonchev–Trinajstić information content (AvgIpc) is 3.42. The Balaban J connectivity index is 1.23. The van der Waals surface area contributed by atoms with E-state index in [0.717, 1.165) is 45.3 Å². The highest BCUT2D eigenvalue weighted by atomic mass is 32.1. The van der Waals surface area contributed by atoms with Crippen molar-refractivity contribution in [2.45, 2.75) is 51.1 Å². The number of hydrogen-bond acceptors (Lipinski definition) is 5. The van der Waals surface area contributed by atoms with E-state index in [1.54, 1.807) is 0 Å². The van der Waals surface area contributed by atoms with Crippen LogP contribution in [-0.4, -0.2) is 53.2 Å². The Hall–Kier alpha value is -1.50. The third-order valence-corrected chi connectivity index (χ3v) is 7.49. The van der Waals surface area contributed by atoms with Gasteiger partial charge in [0.1, 0.15) is 0 Å². The van der Waals surface area contributed by atoms with E-state index in [4.69, 9.17) is 9.73 Å². The number of aromatic nitrogens is 2. The zero-order valence-electron chi connectivity index (χ0n) is 16.6. The van der Waals surface area contributed by atoms with Crippen LogP contribution in [0.15, 0.2) is 28.8 Å². The Kier molecular flexibility index (Phi) is 5.61. The van der Waals surface area contributed by atoms with Crippen LogP contribution in [0.4, 0.5) is 0 Å². The third-order valence-electron chi connectivity index (χ3n) is 6.49. The van der Waals surface area contributed by atoms with Gasteiger partial charge in [-0.25, -0.2) is 0 Å². The quantitative estimate of drug-likeness (QED) is 0.749. The van der Waals surface area contributed by atoms with Gasteiger partial charge in [-0.2, -0.15) is 5.10 Å². The van der Waals surface area contributed by atoms with Crippen LogP contribution in [0.2, 0.25) is 0 Å². The summed E-state index contributed by atoms with van der Waals surface area (Å²) in [6, 6.07) is 2.73. The Morgan fingerprint density at radius 1 is 1.11 bits per heavy atom. The normalized spacial score (nSPS) is 26.1. The van der Waals surface area contributed by atoms with Crippen molar-refractivity contribution in [1.29, 1.82) is 0 Å². The molecule has 0 N–H and O–H groups in total. The van der Waals surface area contributed by atoms with Gasteiger partial charge in [-0.1, -0.05) is 6.42 Å². The second-order valence-electron chi connectivity index (χ2n) is 8.35. The molecule has 28 heavy (non-hydrogen) atoms. The highest BCUT2D eigenvalue weighted by Crippen LogP contribution is 2.39. The van der Waals surface area contributed by atoms with Crippen LogP contribution in [0.5, 0.6) is 0 Å². The molecular weight excluding hydrogens is 368 g/mol. The molecule has 2 fully saturated rings. The minimum Gasteiger partial charge on any atom is -0.379 e. The molecule has 1 aliphatic carbocycles. The number of nitrogens with zero attached hydrogens (tertiary/aromatic N) is 4. The Labute approximate surface area is 171 Å². The fourth-order valence-corrected chi connectivity index (χ4v) is 5.71. The van der Waals surface area contributed by atoms with Crippen molar-refractivity contribution in [3.8, 4) is 10.4 Å². The molecule has 2 aliphatic heterocycles. The van der Waals surface area contributed by atoms with E-state index >= 15 is 0 Å². The molecule has 0 radical (unpaired) electrons. The Bertz CT molecular complexity index is 820. The molecule has 150 valence electrons. The molecular formula is C22H30N4OS. The molecule has 0 aromatic carbocycles. The fourth-order valence-electron chi connectivity index (χ4n) is 4.77. The highest BCUT2D eigenvalue weighted by Gasteiger charge is 2.27. The predicted molar refractivity (Wildman–Crippen MR) is 114 cm³/mol. The van der Waals surface area contributed by atoms with Crippen LogP contribution < -0.4 is 0 Å². The number of fused-ring (bicyclic) bond motifs is 1. The summed E-state index contributed by atoms with van der Waals surface area (Å²) in [7, 11) is 0. The van der Waals surface area contributed by atoms with E-state index in [2.05, 4.69) is 32.3 Å². The van der Waals surface area contributed by atoms with Crippen molar-refractivity contribution in [2.24, 2.45) is 10.9 Å². The summed E-state index contributed by atoms with van der Waals surface area (Å²) in [4.78, 5) is 8.93. The second-order valence-corrected chi connectivity index (χ2v) is 9.26. The topological polar surface area (TPSA) is 42.7 Å². The van der Waals surface area contributed by atoms with Gasteiger partial charge in [0.05, 0.1) is 32.0 Å². The first kappa shape index (κ1) is 18.5. The first-order chi connectivity index (χ1) is 13.8. The van der Waals surface area contributed by atoms with Crippen molar-refractivity contribution < 1.29 is 4.74 Å². The smallest absolute Gasteiger partial charge is 0.0756 e. The van der Waals surface area contributed by atoms with Crippen LogP contribution in [0, 0.1) is 5.92 Å². The first-order valence-corrected chi connectivity index (χ1v) is 11.7. The molecule has 5 nitrogen and oxygen atoms in total. The summed E-state index contributed by atoms with van der Waals surface area (Å²) >= 11 is 1.84. The molecule has 0 spiro atoms. The molecule has 2 aromatic rings. The van der Waals surface area contributed by atoms with Crippen LogP contribution in [0.25, 0.3) is 10.4 Å². The van der Waals surface area contributed by atoms with Crippen molar-refractivity contribution >= 4 is 17.0 Å². The number of hydrogen-bond donors (Lipinski definition) is 0. The fraction of sp³-hybridized carbons (Fsp3) is 0.636. The molecule has 1 saturated carbocycles. The van der Waals surface area contributed by atoms with Gasteiger partial charge in [-0.05, 0) is 55.0 Å². The first-order valence-electron chi connectivity index (χ1n) is 10.8. The van der Waals surface area contributed by atoms with Crippen LogP contribution in [-0.2, 0) is 11.3 Å². The predicted octanol–water partition coefficient (Wildman–Crippen LogP) is 4.41. The lowest BCUT2D eigenvalue weighted by Crippen LogP contribution is -2.38. The molecule has 2 atom stereocenters.